The first kappa shape index (κ1) is 26.1. The summed E-state index contributed by atoms with van der Waals surface area (Å²) in [5.41, 5.74) is 1.10. The molecular weight excluding hydrogens is 482 g/mol. The van der Waals surface area contributed by atoms with Crippen molar-refractivity contribution in [2.45, 2.75) is 44.9 Å². The standard InChI is InChI=1S/C27H34ClN3O5/c1-27(2,3)36-25(32)30-14-6-13-29(15-16-30)18-23-24(19-7-5-8-22(17-19)34-4)31(26(33)35-23)21-11-9-20(28)10-12-21/h5,7-12,17,23-24H,6,13-16,18H2,1-4H3/t23-,24-/m0/s1. The summed E-state index contributed by atoms with van der Waals surface area (Å²) in [6.45, 7) is 8.79. The second kappa shape index (κ2) is 11.0. The van der Waals surface area contributed by atoms with Gasteiger partial charge in [-0.25, -0.2) is 9.59 Å². The molecule has 2 aliphatic rings. The van der Waals surface area contributed by atoms with Gasteiger partial charge in [-0.2, -0.15) is 0 Å². The average Bonchev–Trinajstić information content (AvgIpc) is 2.99. The molecule has 36 heavy (non-hydrogen) atoms. The van der Waals surface area contributed by atoms with Gasteiger partial charge in [0.15, 0.2) is 0 Å². The van der Waals surface area contributed by atoms with Crippen molar-refractivity contribution < 1.29 is 23.8 Å². The molecule has 2 aliphatic heterocycles. The van der Waals surface area contributed by atoms with Gasteiger partial charge in [0.2, 0.25) is 0 Å². The van der Waals surface area contributed by atoms with Crippen LogP contribution in [0.25, 0.3) is 0 Å². The predicted molar refractivity (Wildman–Crippen MR) is 139 cm³/mol. The Morgan fingerprint density at radius 2 is 1.83 bits per heavy atom. The number of benzene rings is 2. The fourth-order valence-electron chi connectivity index (χ4n) is 4.64. The van der Waals surface area contributed by atoms with Crippen molar-refractivity contribution in [3.05, 3.63) is 59.1 Å². The van der Waals surface area contributed by atoms with Gasteiger partial charge in [0.25, 0.3) is 0 Å². The minimum Gasteiger partial charge on any atom is -0.497 e. The van der Waals surface area contributed by atoms with E-state index in [2.05, 4.69) is 4.90 Å². The molecule has 0 aliphatic carbocycles. The minimum absolute atomic E-state index is 0.292. The number of hydrogen-bond donors (Lipinski definition) is 0. The summed E-state index contributed by atoms with van der Waals surface area (Å²) in [5, 5.41) is 0.597. The van der Waals surface area contributed by atoms with Crippen LogP contribution in [-0.4, -0.2) is 73.5 Å². The lowest BCUT2D eigenvalue weighted by molar-refractivity contribution is 0.0255. The van der Waals surface area contributed by atoms with Crippen LogP contribution in [-0.2, 0) is 9.47 Å². The quantitative estimate of drug-likeness (QED) is 0.534. The van der Waals surface area contributed by atoms with E-state index in [1.54, 1.807) is 29.0 Å². The van der Waals surface area contributed by atoms with Crippen molar-refractivity contribution in [3.8, 4) is 5.75 Å². The van der Waals surface area contributed by atoms with Gasteiger partial charge >= 0.3 is 12.2 Å². The molecule has 2 atom stereocenters. The predicted octanol–water partition coefficient (Wildman–Crippen LogP) is 5.36. The van der Waals surface area contributed by atoms with E-state index in [0.717, 1.165) is 18.5 Å². The minimum atomic E-state index is -0.532. The van der Waals surface area contributed by atoms with Gasteiger partial charge in [-0.05, 0) is 69.2 Å². The van der Waals surface area contributed by atoms with Crippen LogP contribution in [0.2, 0.25) is 5.02 Å². The van der Waals surface area contributed by atoms with Crippen LogP contribution in [0.4, 0.5) is 15.3 Å². The van der Waals surface area contributed by atoms with Crippen LogP contribution in [0.15, 0.2) is 48.5 Å². The van der Waals surface area contributed by atoms with Crippen molar-refractivity contribution >= 4 is 29.5 Å². The monoisotopic (exact) mass is 515 g/mol. The molecule has 8 nitrogen and oxygen atoms in total. The zero-order valence-corrected chi connectivity index (χ0v) is 22.0. The molecule has 2 aromatic rings. The number of amides is 2. The molecule has 194 valence electrons. The summed E-state index contributed by atoms with van der Waals surface area (Å²) in [6.07, 6.45) is -0.293. The summed E-state index contributed by atoms with van der Waals surface area (Å²) >= 11 is 6.10. The van der Waals surface area contributed by atoms with Crippen molar-refractivity contribution in [3.63, 3.8) is 0 Å². The summed E-state index contributed by atoms with van der Waals surface area (Å²) in [4.78, 5) is 31.4. The Hall–Kier alpha value is -2.97. The molecule has 0 radical (unpaired) electrons. The third-order valence-electron chi connectivity index (χ3n) is 6.30. The number of carbonyl (C=O) groups excluding carboxylic acids is 2. The summed E-state index contributed by atoms with van der Waals surface area (Å²) in [6, 6.07) is 14.5. The van der Waals surface area contributed by atoms with Crippen molar-refractivity contribution in [1.82, 2.24) is 9.80 Å². The lowest BCUT2D eigenvalue weighted by Gasteiger charge is -2.29. The number of cyclic esters (lactones) is 1. The highest BCUT2D eigenvalue weighted by Gasteiger charge is 2.44. The summed E-state index contributed by atoms with van der Waals surface area (Å²) < 4.78 is 17.0. The Labute approximate surface area is 217 Å². The number of hydrogen-bond acceptors (Lipinski definition) is 6. The first-order chi connectivity index (χ1) is 17.1. The normalized spacial score (nSPS) is 21.2. The Balaban J connectivity index is 1.54. The van der Waals surface area contributed by atoms with E-state index in [9.17, 15) is 9.59 Å². The van der Waals surface area contributed by atoms with E-state index in [4.69, 9.17) is 25.8 Å². The van der Waals surface area contributed by atoms with Gasteiger partial charge in [-0.1, -0.05) is 23.7 Å². The van der Waals surface area contributed by atoms with E-state index in [1.807, 2.05) is 57.2 Å². The Morgan fingerprint density at radius 3 is 2.53 bits per heavy atom. The lowest BCUT2D eigenvalue weighted by Crippen LogP contribution is -2.41. The van der Waals surface area contributed by atoms with Crippen LogP contribution in [0, 0.1) is 0 Å². The summed E-state index contributed by atoms with van der Waals surface area (Å²) in [7, 11) is 1.62. The SMILES string of the molecule is COc1cccc([C@H]2[C@H](CN3CCCN(C(=O)OC(C)(C)C)CC3)OC(=O)N2c2ccc(Cl)cc2)c1. The molecule has 0 N–H and O–H groups in total. The highest BCUT2D eigenvalue weighted by atomic mass is 35.5. The number of anilines is 1. The van der Waals surface area contributed by atoms with Crippen molar-refractivity contribution in [2.24, 2.45) is 0 Å². The van der Waals surface area contributed by atoms with Crippen LogP contribution >= 0.6 is 11.6 Å². The largest absolute Gasteiger partial charge is 0.497 e. The van der Waals surface area contributed by atoms with Gasteiger partial charge in [0, 0.05) is 43.4 Å². The van der Waals surface area contributed by atoms with E-state index in [-0.39, 0.29) is 12.1 Å². The summed E-state index contributed by atoms with van der Waals surface area (Å²) in [5.74, 6) is 0.712. The Kier molecular flexibility index (Phi) is 7.95. The van der Waals surface area contributed by atoms with Gasteiger partial charge in [-0.15, -0.1) is 0 Å². The van der Waals surface area contributed by atoms with E-state index in [1.165, 1.54) is 0 Å². The van der Waals surface area contributed by atoms with Gasteiger partial charge in [0.05, 0.1) is 7.11 Å². The van der Waals surface area contributed by atoms with Gasteiger partial charge in [-0.3, -0.25) is 9.80 Å². The average molecular weight is 516 g/mol. The van der Waals surface area contributed by atoms with Crippen LogP contribution in [0.5, 0.6) is 5.75 Å². The molecule has 0 bridgehead atoms. The molecule has 2 aromatic carbocycles. The van der Waals surface area contributed by atoms with Crippen LogP contribution < -0.4 is 9.64 Å². The maximum atomic E-state index is 13.1. The van der Waals surface area contributed by atoms with Crippen molar-refractivity contribution in [2.75, 3.05) is 44.7 Å². The Morgan fingerprint density at radius 1 is 1.08 bits per heavy atom. The molecule has 0 aromatic heterocycles. The fraction of sp³-hybridized carbons (Fsp3) is 0.481. The van der Waals surface area contributed by atoms with Crippen molar-refractivity contribution in [1.29, 1.82) is 0 Å². The topological polar surface area (TPSA) is 71.5 Å². The molecule has 0 unspecified atom stereocenters. The molecule has 2 heterocycles. The molecule has 9 heteroatoms. The number of carbonyl (C=O) groups is 2. The second-order valence-corrected chi connectivity index (χ2v) is 10.5. The maximum Gasteiger partial charge on any atom is 0.415 e. The molecule has 0 saturated carbocycles. The first-order valence-corrected chi connectivity index (χ1v) is 12.6. The lowest BCUT2D eigenvalue weighted by atomic mass is 9.99. The molecule has 2 amide bonds. The zero-order chi connectivity index (χ0) is 25.9. The molecule has 0 spiro atoms. The third kappa shape index (κ3) is 6.23. The Bertz CT molecular complexity index is 1070. The number of methoxy groups -OCH3 is 1. The fourth-order valence-corrected chi connectivity index (χ4v) is 4.77. The number of nitrogens with zero attached hydrogens (tertiary/aromatic N) is 3. The molecule has 2 fully saturated rings. The van der Waals surface area contributed by atoms with Gasteiger partial charge < -0.3 is 19.1 Å². The highest BCUT2D eigenvalue weighted by Crippen LogP contribution is 2.39. The molecule has 4 rings (SSSR count). The molecular formula is C27H34ClN3O5. The maximum absolute atomic E-state index is 13.1. The van der Waals surface area contributed by atoms with Crippen LogP contribution in [0.1, 0.15) is 38.8 Å². The van der Waals surface area contributed by atoms with Gasteiger partial charge in [0.1, 0.15) is 23.5 Å². The number of halogens is 1. The zero-order valence-electron chi connectivity index (χ0n) is 21.3. The smallest absolute Gasteiger partial charge is 0.415 e. The second-order valence-electron chi connectivity index (χ2n) is 10.1. The third-order valence-corrected chi connectivity index (χ3v) is 6.55. The number of rotatable bonds is 5. The van der Waals surface area contributed by atoms with E-state index < -0.39 is 17.8 Å². The van der Waals surface area contributed by atoms with Crippen LogP contribution in [0.3, 0.4) is 0 Å². The number of ether oxygens (including phenoxy) is 3. The van der Waals surface area contributed by atoms with E-state index in [0.29, 0.717) is 42.6 Å². The first-order valence-electron chi connectivity index (χ1n) is 12.2. The highest BCUT2D eigenvalue weighted by molar-refractivity contribution is 6.30. The van der Waals surface area contributed by atoms with E-state index >= 15 is 0 Å². The molecule has 2 saturated heterocycles.